The lowest BCUT2D eigenvalue weighted by Crippen LogP contribution is -2.03. The van der Waals surface area contributed by atoms with Gasteiger partial charge in [-0.2, -0.15) is 0 Å². The summed E-state index contributed by atoms with van der Waals surface area (Å²) in [5.41, 5.74) is 0.699. The molecule has 1 aromatic carbocycles. The molecule has 1 heterocycles. The molecule has 84 valence electrons. The minimum Gasteiger partial charge on any atom is -0.460 e. The average Bonchev–Trinajstić information content (AvgIpc) is 2.67. The molecule has 1 aromatic heterocycles. The Bertz CT molecular complexity index is 496. The van der Waals surface area contributed by atoms with Crippen LogP contribution in [-0.4, -0.2) is 7.05 Å². The van der Waals surface area contributed by atoms with Crippen molar-refractivity contribution >= 4 is 11.6 Å². The van der Waals surface area contributed by atoms with Gasteiger partial charge in [0.2, 0.25) is 0 Å². The first-order valence-corrected chi connectivity index (χ1v) is 5.27. The molecule has 0 saturated heterocycles. The number of hydrogen-bond donors (Lipinski definition) is 1. The molecule has 2 aromatic rings. The van der Waals surface area contributed by atoms with Gasteiger partial charge < -0.3 is 9.73 Å². The number of benzene rings is 1. The van der Waals surface area contributed by atoms with Crippen molar-refractivity contribution in [3.8, 4) is 11.3 Å². The summed E-state index contributed by atoms with van der Waals surface area (Å²) in [5, 5.41) is 3.34. The highest BCUT2D eigenvalue weighted by Crippen LogP contribution is 2.29. The van der Waals surface area contributed by atoms with Crippen molar-refractivity contribution in [1.29, 1.82) is 0 Å². The Kier molecular flexibility index (Phi) is 3.27. The molecule has 2 nitrogen and oxygen atoms in total. The van der Waals surface area contributed by atoms with E-state index in [9.17, 15) is 4.39 Å². The topological polar surface area (TPSA) is 25.2 Å². The summed E-state index contributed by atoms with van der Waals surface area (Å²) in [6.07, 6.45) is 0. The summed E-state index contributed by atoms with van der Waals surface area (Å²) in [4.78, 5) is 0. The van der Waals surface area contributed by atoms with Crippen molar-refractivity contribution in [2.45, 2.75) is 6.54 Å². The van der Waals surface area contributed by atoms with E-state index in [-0.39, 0.29) is 5.82 Å². The van der Waals surface area contributed by atoms with E-state index in [1.54, 1.807) is 6.07 Å². The SMILES string of the molecule is CNCc1ccc(-c2ccc(F)cc2Cl)o1. The van der Waals surface area contributed by atoms with E-state index >= 15 is 0 Å². The molecule has 0 fully saturated rings. The lowest BCUT2D eigenvalue weighted by Gasteiger charge is -2.00. The maximum absolute atomic E-state index is 12.9. The number of hydrogen-bond acceptors (Lipinski definition) is 2. The Morgan fingerprint density at radius 1 is 1.31 bits per heavy atom. The second kappa shape index (κ2) is 4.68. The summed E-state index contributed by atoms with van der Waals surface area (Å²) in [6.45, 7) is 0.652. The Hall–Kier alpha value is -1.32. The zero-order chi connectivity index (χ0) is 11.5. The van der Waals surface area contributed by atoms with Crippen LogP contribution >= 0.6 is 11.6 Å². The van der Waals surface area contributed by atoms with Gasteiger partial charge in [0.25, 0.3) is 0 Å². The summed E-state index contributed by atoms with van der Waals surface area (Å²) in [7, 11) is 1.84. The quantitative estimate of drug-likeness (QED) is 0.888. The summed E-state index contributed by atoms with van der Waals surface area (Å²) in [6, 6.07) is 7.94. The molecule has 0 spiro atoms. The molecular weight excluding hydrogens is 229 g/mol. The number of furan rings is 1. The fourth-order valence-corrected chi connectivity index (χ4v) is 1.74. The highest BCUT2D eigenvalue weighted by Gasteiger charge is 2.08. The van der Waals surface area contributed by atoms with E-state index in [1.165, 1.54) is 12.1 Å². The van der Waals surface area contributed by atoms with Crippen LogP contribution in [0.3, 0.4) is 0 Å². The van der Waals surface area contributed by atoms with Gasteiger partial charge in [-0.3, -0.25) is 0 Å². The van der Waals surface area contributed by atoms with Crippen LogP contribution in [0.2, 0.25) is 5.02 Å². The second-order valence-electron chi connectivity index (χ2n) is 3.42. The van der Waals surface area contributed by atoms with Crippen LogP contribution in [0.1, 0.15) is 5.76 Å². The first-order valence-electron chi connectivity index (χ1n) is 4.89. The Labute approximate surface area is 98.0 Å². The smallest absolute Gasteiger partial charge is 0.135 e. The molecule has 0 aliphatic heterocycles. The molecule has 0 bridgehead atoms. The van der Waals surface area contributed by atoms with Crippen LogP contribution in [0.5, 0.6) is 0 Å². The summed E-state index contributed by atoms with van der Waals surface area (Å²) in [5.74, 6) is 1.11. The zero-order valence-corrected chi connectivity index (χ0v) is 9.51. The molecule has 1 N–H and O–H groups in total. The standard InChI is InChI=1S/C12H11ClFNO/c1-15-7-9-3-5-12(16-9)10-4-2-8(14)6-11(10)13/h2-6,15H,7H2,1H3. The van der Waals surface area contributed by atoms with Gasteiger partial charge in [0.15, 0.2) is 0 Å². The van der Waals surface area contributed by atoms with Crippen LogP contribution in [0, 0.1) is 5.82 Å². The van der Waals surface area contributed by atoms with Crippen molar-refractivity contribution < 1.29 is 8.81 Å². The minimum absolute atomic E-state index is 0.351. The van der Waals surface area contributed by atoms with E-state index in [1.807, 2.05) is 19.2 Å². The predicted molar refractivity (Wildman–Crippen MR) is 61.9 cm³/mol. The van der Waals surface area contributed by atoms with Crippen LogP contribution in [-0.2, 0) is 6.54 Å². The Morgan fingerprint density at radius 2 is 2.12 bits per heavy atom. The van der Waals surface area contributed by atoms with Gasteiger partial charge in [-0.05, 0) is 37.4 Å². The molecule has 0 aliphatic carbocycles. The molecule has 0 atom stereocenters. The van der Waals surface area contributed by atoms with E-state index < -0.39 is 0 Å². The zero-order valence-electron chi connectivity index (χ0n) is 8.76. The molecule has 16 heavy (non-hydrogen) atoms. The maximum atomic E-state index is 12.9. The second-order valence-corrected chi connectivity index (χ2v) is 3.83. The summed E-state index contributed by atoms with van der Waals surface area (Å²) < 4.78 is 18.4. The lowest BCUT2D eigenvalue weighted by molar-refractivity contribution is 0.507. The van der Waals surface area contributed by atoms with Crippen molar-refractivity contribution in [2.75, 3.05) is 7.05 Å². The highest BCUT2D eigenvalue weighted by atomic mass is 35.5. The number of halogens is 2. The monoisotopic (exact) mass is 239 g/mol. The minimum atomic E-state index is -0.351. The molecule has 4 heteroatoms. The average molecular weight is 240 g/mol. The number of nitrogens with one attached hydrogen (secondary N) is 1. The fourth-order valence-electron chi connectivity index (χ4n) is 1.48. The maximum Gasteiger partial charge on any atom is 0.135 e. The van der Waals surface area contributed by atoms with Gasteiger partial charge in [0.1, 0.15) is 17.3 Å². The van der Waals surface area contributed by atoms with E-state index in [0.717, 1.165) is 5.76 Å². The van der Waals surface area contributed by atoms with Crippen LogP contribution in [0.15, 0.2) is 34.7 Å². The van der Waals surface area contributed by atoms with Crippen LogP contribution in [0.25, 0.3) is 11.3 Å². The van der Waals surface area contributed by atoms with Crippen molar-refractivity contribution in [1.82, 2.24) is 5.32 Å². The van der Waals surface area contributed by atoms with Crippen molar-refractivity contribution in [3.63, 3.8) is 0 Å². The third kappa shape index (κ3) is 2.26. The molecule has 0 unspecified atom stereocenters. The molecule has 2 rings (SSSR count). The third-order valence-electron chi connectivity index (χ3n) is 2.21. The normalized spacial score (nSPS) is 10.7. The van der Waals surface area contributed by atoms with E-state index in [2.05, 4.69) is 5.32 Å². The van der Waals surface area contributed by atoms with Crippen LogP contribution < -0.4 is 5.32 Å². The Balaban J connectivity index is 2.35. The van der Waals surface area contributed by atoms with Gasteiger partial charge in [-0.15, -0.1) is 0 Å². The summed E-state index contributed by atoms with van der Waals surface area (Å²) >= 11 is 5.93. The molecule has 0 amide bonds. The largest absolute Gasteiger partial charge is 0.460 e. The van der Waals surface area contributed by atoms with Gasteiger partial charge in [-0.25, -0.2) is 4.39 Å². The van der Waals surface area contributed by atoms with Crippen LogP contribution in [0.4, 0.5) is 4.39 Å². The molecule has 0 saturated carbocycles. The van der Waals surface area contributed by atoms with Gasteiger partial charge >= 0.3 is 0 Å². The lowest BCUT2D eigenvalue weighted by atomic mass is 10.2. The third-order valence-corrected chi connectivity index (χ3v) is 2.52. The van der Waals surface area contributed by atoms with Gasteiger partial charge in [0.05, 0.1) is 11.6 Å². The Morgan fingerprint density at radius 3 is 2.81 bits per heavy atom. The van der Waals surface area contributed by atoms with Crippen molar-refractivity contribution in [3.05, 3.63) is 46.9 Å². The molecule has 0 radical (unpaired) electrons. The first kappa shape index (κ1) is 11.2. The van der Waals surface area contributed by atoms with Gasteiger partial charge in [0, 0.05) is 5.56 Å². The van der Waals surface area contributed by atoms with E-state index in [0.29, 0.717) is 22.9 Å². The molecular formula is C12H11ClFNO. The van der Waals surface area contributed by atoms with Crippen molar-refractivity contribution in [2.24, 2.45) is 0 Å². The highest BCUT2D eigenvalue weighted by molar-refractivity contribution is 6.33. The molecule has 0 aliphatic rings. The fraction of sp³-hybridized carbons (Fsp3) is 0.167. The first-order chi connectivity index (χ1) is 7.70. The predicted octanol–water partition coefficient (Wildman–Crippen LogP) is 3.46. The van der Waals surface area contributed by atoms with E-state index in [4.69, 9.17) is 16.0 Å². The van der Waals surface area contributed by atoms with Gasteiger partial charge in [-0.1, -0.05) is 11.6 Å². The number of rotatable bonds is 3.